The zero-order chi connectivity index (χ0) is 28.1. The van der Waals surface area contributed by atoms with Gasteiger partial charge in [0.15, 0.2) is 0 Å². The zero-order valence-electron chi connectivity index (χ0n) is 22.0. The van der Waals surface area contributed by atoms with Crippen LogP contribution < -0.4 is 10.2 Å². The van der Waals surface area contributed by atoms with Crippen LogP contribution in [0.2, 0.25) is 0 Å². The number of fused-ring (bicyclic) bond motifs is 1. The molecule has 0 saturated carbocycles. The average molecular weight is 647 g/mol. The second-order valence-corrected chi connectivity index (χ2v) is 14.4. The summed E-state index contributed by atoms with van der Waals surface area (Å²) in [5.74, 6) is -0.369. The summed E-state index contributed by atoms with van der Waals surface area (Å²) in [7, 11) is -4.01. The van der Waals surface area contributed by atoms with Gasteiger partial charge in [0.1, 0.15) is 5.92 Å². The Morgan fingerprint density at radius 3 is 2.38 bits per heavy atom. The fraction of sp³-hybridized carbons (Fsp3) is 0.393. The van der Waals surface area contributed by atoms with Gasteiger partial charge in [-0.1, -0.05) is 30.3 Å². The number of halogens is 1. The maximum absolute atomic E-state index is 13.6. The lowest BCUT2D eigenvalue weighted by molar-refractivity contribution is -0.142. The summed E-state index contributed by atoms with van der Waals surface area (Å²) in [6, 6.07) is 16.2. The summed E-state index contributed by atoms with van der Waals surface area (Å²) in [4.78, 5) is 35.3. The maximum atomic E-state index is 13.6. The number of pyridine rings is 1. The molecule has 3 aromatic rings. The summed E-state index contributed by atoms with van der Waals surface area (Å²) in [5, 5.41) is 4.77. The van der Waals surface area contributed by atoms with Gasteiger partial charge in [-0.25, -0.2) is 8.42 Å². The predicted octanol–water partition coefficient (Wildman–Crippen LogP) is 3.51. The number of sulfonamides is 1. The third kappa shape index (κ3) is 6.62. The third-order valence-corrected chi connectivity index (χ3v) is 11.3. The number of aromatic nitrogens is 1. The second-order valence-electron chi connectivity index (χ2n) is 9.95. The number of carbonyl (C=O) groups excluding carboxylic acids is 2. The number of nitrogens with one attached hydrogen (secondary N) is 1. The first-order valence-corrected chi connectivity index (χ1v) is 16.6. The molecule has 2 fully saturated rings. The van der Waals surface area contributed by atoms with Gasteiger partial charge in [0.05, 0.1) is 4.90 Å². The van der Waals surface area contributed by atoms with Gasteiger partial charge >= 0.3 is 0 Å². The Labute approximate surface area is 247 Å². The van der Waals surface area contributed by atoms with Gasteiger partial charge in [-0.3, -0.25) is 14.6 Å². The molecule has 212 valence electrons. The van der Waals surface area contributed by atoms with E-state index >= 15 is 0 Å². The molecule has 0 aliphatic carbocycles. The van der Waals surface area contributed by atoms with E-state index in [2.05, 4.69) is 31.3 Å². The average Bonchev–Trinajstić information content (AvgIpc) is 3.00. The van der Waals surface area contributed by atoms with E-state index in [0.29, 0.717) is 13.1 Å². The van der Waals surface area contributed by atoms with Crippen LogP contribution in [0, 0.1) is 5.92 Å². The smallest absolute Gasteiger partial charge is 0.252 e. The molecule has 3 heterocycles. The van der Waals surface area contributed by atoms with E-state index in [4.69, 9.17) is 0 Å². The number of thioether (sulfide) groups is 1. The van der Waals surface area contributed by atoms with Crippen molar-refractivity contribution in [2.45, 2.75) is 23.8 Å². The number of benzene rings is 2. The molecule has 12 heteroatoms. The van der Waals surface area contributed by atoms with E-state index < -0.39 is 21.8 Å². The predicted molar refractivity (Wildman–Crippen MR) is 162 cm³/mol. The quantitative estimate of drug-likeness (QED) is 0.295. The highest BCUT2D eigenvalue weighted by molar-refractivity contribution is 9.08. The van der Waals surface area contributed by atoms with Crippen LogP contribution >= 0.6 is 27.9 Å². The van der Waals surface area contributed by atoms with Crippen molar-refractivity contribution < 1.29 is 18.0 Å². The lowest BCUT2D eigenvalue weighted by Gasteiger charge is -2.35. The van der Waals surface area contributed by atoms with Crippen molar-refractivity contribution in [2.24, 2.45) is 5.92 Å². The highest BCUT2D eigenvalue weighted by Crippen LogP contribution is 2.26. The molecular formula is C28H32BrN5O4S2. The number of amides is 2. The first-order valence-electron chi connectivity index (χ1n) is 13.3. The highest BCUT2D eigenvalue weighted by Gasteiger charge is 2.37. The number of carbonyl (C=O) groups is 2. The Morgan fingerprint density at radius 2 is 1.68 bits per heavy atom. The van der Waals surface area contributed by atoms with Crippen molar-refractivity contribution in [3.05, 3.63) is 67.0 Å². The van der Waals surface area contributed by atoms with E-state index in [0.717, 1.165) is 57.2 Å². The van der Waals surface area contributed by atoms with E-state index in [1.807, 2.05) is 36.4 Å². The molecule has 0 bridgehead atoms. The molecule has 9 nitrogen and oxygen atoms in total. The molecule has 2 aromatic carbocycles. The van der Waals surface area contributed by atoms with Crippen LogP contribution in [-0.2, 0) is 19.6 Å². The minimum absolute atomic E-state index is 0.0903. The monoisotopic (exact) mass is 645 g/mol. The molecule has 1 atom stereocenters. The topological polar surface area (TPSA) is 103 Å². The van der Waals surface area contributed by atoms with Gasteiger partial charge in [-0.2, -0.15) is 11.8 Å². The number of hydrogen-bond acceptors (Lipinski definition) is 7. The van der Waals surface area contributed by atoms with Gasteiger partial charge < -0.3 is 15.1 Å². The third-order valence-electron chi connectivity index (χ3n) is 7.41. The molecule has 0 spiro atoms. The standard InChI is InChI=1S/C28H32BrN5O4S2/c29-34(40(37,38)25-6-5-21-3-1-2-4-22(21)19-25)20-26(28(36)33-15-17-39-18-16-33)27(35)31-23-9-13-32(14-10-23)24-7-11-30-12-8-24/h1-8,11-12,19,23,26H,9-10,13-18,20H2,(H,31,35). The molecule has 5 rings (SSSR count). The van der Waals surface area contributed by atoms with E-state index in [-0.39, 0.29) is 23.4 Å². The molecule has 2 aliphatic rings. The number of hydrogen-bond donors (Lipinski definition) is 1. The Hall–Kier alpha value is -2.67. The van der Waals surface area contributed by atoms with Gasteiger partial charge in [0.25, 0.3) is 10.0 Å². The number of rotatable bonds is 8. The number of anilines is 1. The fourth-order valence-corrected chi connectivity index (χ4v) is 7.88. The van der Waals surface area contributed by atoms with Crippen molar-refractivity contribution in [3.8, 4) is 0 Å². The molecule has 1 unspecified atom stereocenters. The summed E-state index contributed by atoms with van der Waals surface area (Å²) in [5.41, 5.74) is 1.09. The van der Waals surface area contributed by atoms with E-state index in [9.17, 15) is 18.0 Å². The van der Waals surface area contributed by atoms with E-state index in [1.165, 1.54) is 0 Å². The highest BCUT2D eigenvalue weighted by atomic mass is 79.9. The van der Waals surface area contributed by atoms with Crippen LogP contribution in [0.3, 0.4) is 0 Å². The molecule has 2 saturated heterocycles. The second kappa shape index (κ2) is 12.9. The Morgan fingerprint density at radius 1 is 1.00 bits per heavy atom. The van der Waals surface area contributed by atoms with Crippen LogP contribution in [0.25, 0.3) is 10.8 Å². The van der Waals surface area contributed by atoms with Gasteiger partial charge in [0.2, 0.25) is 11.8 Å². The largest absolute Gasteiger partial charge is 0.371 e. The molecule has 40 heavy (non-hydrogen) atoms. The Bertz CT molecular complexity index is 1450. The molecule has 1 N–H and O–H groups in total. The summed E-state index contributed by atoms with van der Waals surface area (Å²) < 4.78 is 28.0. The Balaban J connectivity index is 1.30. The van der Waals surface area contributed by atoms with E-state index in [1.54, 1.807) is 47.3 Å². The van der Waals surface area contributed by atoms with Crippen molar-refractivity contribution >= 4 is 66.2 Å². The van der Waals surface area contributed by atoms with Crippen LogP contribution in [0.5, 0.6) is 0 Å². The lowest BCUT2D eigenvalue weighted by Crippen LogP contribution is -2.53. The SMILES string of the molecule is O=C(NC1CCN(c2ccncc2)CC1)C(CN(Br)S(=O)(=O)c1ccc2ccccc2c1)C(=O)N1CCSCC1. The van der Waals surface area contributed by atoms with Crippen molar-refractivity contribution in [2.75, 3.05) is 49.1 Å². The van der Waals surface area contributed by atoms with Gasteiger partial charge in [0, 0.05) is 84.5 Å². The van der Waals surface area contributed by atoms with Crippen molar-refractivity contribution in [3.63, 3.8) is 0 Å². The number of nitrogens with zero attached hydrogens (tertiary/aromatic N) is 4. The molecule has 2 amide bonds. The van der Waals surface area contributed by atoms with Crippen molar-refractivity contribution in [1.82, 2.24) is 18.5 Å². The molecular weight excluding hydrogens is 614 g/mol. The van der Waals surface area contributed by atoms with Crippen LogP contribution in [0.15, 0.2) is 71.9 Å². The van der Waals surface area contributed by atoms with Gasteiger partial charge in [-0.15, -0.1) is 3.33 Å². The molecule has 1 aromatic heterocycles. The minimum atomic E-state index is -4.01. The minimum Gasteiger partial charge on any atom is -0.371 e. The fourth-order valence-electron chi connectivity index (χ4n) is 5.10. The van der Waals surface area contributed by atoms with Crippen molar-refractivity contribution in [1.29, 1.82) is 0 Å². The lowest BCUT2D eigenvalue weighted by atomic mass is 10.0. The summed E-state index contributed by atoms with van der Waals surface area (Å²) in [6.07, 6.45) is 4.97. The first kappa shape index (κ1) is 28.8. The molecule has 2 aliphatic heterocycles. The zero-order valence-corrected chi connectivity index (χ0v) is 25.2. The summed E-state index contributed by atoms with van der Waals surface area (Å²) in [6.45, 7) is 2.30. The molecule has 0 radical (unpaired) electrons. The van der Waals surface area contributed by atoms with Crippen LogP contribution in [0.1, 0.15) is 12.8 Å². The maximum Gasteiger partial charge on any atom is 0.252 e. The van der Waals surface area contributed by atoms with Crippen LogP contribution in [0.4, 0.5) is 5.69 Å². The number of piperidine rings is 1. The first-order chi connectivity index (χ1) is 19.3. The summed E-state index contributed by atoms with van der Waals surface area (Å²) >= 11 is 4.96. The normalized spacial score (nSPS) is 17.6. The van der Waals surface area contributed by atoms with Gasteiger partial charge in [-0.05, 0) is 47.9 Å². The Kier molecular flexibility index (Phi) is 9.29. The van der Waals surface area contributed by atoms with Crippen LogP contribution in [-0.4, -0.2) is 83.7 Å².